The van der Waals surface area contributed by atoms with Crippen molar-refractivity contribution in [1.82, 2.24) is 0 Å². The highest BCUT2D eigenvalue weighted by Gasteiger charge is 1.35. The van der Waals surface area contributed by atoms with Gasteiger partial charge in [0, 0.05) is 0 Å². The third-order valence-electron chi connectivity index (χ3n) is 0. The van der Waals surface area contributed by atoms with Crippen molar-refractivity contribution in [2.45, 2.75) is 41.0 Å². The van der Waals surface area contributed by atoms with Gasteiger partial charge in [0.15, 0.2) is 0 Å². The van der Waals surface area contributed by atoms with Gasteiger partial charge in [0.25, 0.3) is 0 Å². The summed E-state index contributed by atoms with van der Waals surface area (Å²) in [5.74, 6) is 0. The van der Waals surface area contributed by atoms with E-state index in [-0.39, 0.29) is 0 Å². The van der Waals surface area contributed by atoms with Crippen molar-refractivity contribution >= 4 is 0 Å². The van der Waals surface area contributed by atoms with Crippen LogP contribution in [0.1, 0.15) is 41.0 Å². The van der Waals surface area contributed by atoms with E-state index in [1.807, 2.05) is 20.8 Å². The Morgan fingerprint density at radius 1 is 1.25 bits per heavy atom. The molecule has 0 amide bonds. The molecule has 0 aliphatic rings. The maximum atomic E-state index is 3.36. The molecule has 0 fully saturated rings. The van der Waals surface area contributed by atoms with E-state index >= 15 is 0 Å². The molecule has 0 spiro atoms. The molecule has 0 unspecified atom stereocenters. The van der Waals surface area contributed by atoms with Gasteiger partial charge in [-0.3, -0.25) is 0 Å². The summed E-state index contributed by atoms with van der Waals surface area (Å²) in [5.41, 5.74) is 0. The van der Waals surface area contributed by atoms with Crippen molar-refractivity contribution in [2.75, 3.05) is 0 Å². The lowest BCUT2D eigenvalue weighted by Gasteiger charge is -1.48. The summed E-state index contributed by atoms with van der Waals surface area (Å²) in [7, 11) is 0. The third-order valence-corrected chi connectivity index (χ3v) is 0. The van der Waals surface area contributed by atoms with Gasteiger partial charge < -0.3 is 0 Å². The van der Waals surface area contributed by atoms with E-state index in [9.17, 15) is 0 Å². The van der Waals surface area contributed by atoms with Gasteiger partial charge in [-0.1, -0.05) is 40.2 Å². The first-order chi connectivity index (χ1) is 3.83. The van der Waals surface area contributed by atoms with Crippen LogP contribution < -0.4 is 0 Å². The molecule has 0 aromatic carbocycles. The molecule has 0 rings (SSSR count). The minimum absolute atomic E-state index is 1.25. The van der Waals surface area contributed by atoms with Gasteiger partial charge in [0.1, 0.15) is 0 Å². The lowest BCUT2D eigenvalue weighted by Crippen LogP contribution is -1.27. The maximum absolute atomic E-state index is 3.36. The SMILES string of the molecule is C=CC.CC.CCC. The molecule has 0 saturated heterocycles. The van der Waals surface area contributed by atoms with Crippen molar-refractivity contribution in [3.05, 3.63) is 12.7 Å². The fourth-order valence-electron chi connectivity index (χ4n) is 0. The van der Waals surface area contributed by atoms with Crippen LogP contribution in [0.15, 0.2) is 12.7 Å². The largest absolute Gasteiger partial charge is 0.103 e. The summed E-state index contributed by atoms with van der Waals surface area (Å²) in [6, 6.07) is 0. The standard InChI is InChI=1S/C3H8.C3H6.C2H6/c2*1-3-2;1-2/h3H2,1-2H3;3H,1H2,2H3;1-2H3. The Morgan fingerprint density at radius 2 is 1.25 bits per heavy atom. The first kappa shape index (κ1) is 15.6. The van der Waals surface area contributed by atoms with E-state index in [1.165, 1.54) is 6.42 Å². The number of hydrogen-bond donors (Lipinski definition) is 0. The van der Waals surface area contributed by atoms with Crippen LogP contribution in [0, 0.1) is 0 Å². The Kier molecular flexibility index (Phi) is 143. The monoisotopic (exact) mass is 116 g/mol. The molecule has 0 aliphatic carbocycles. The van der Waals surface area contributed by atoms with Crippen LogP contribution in [0.25, 0.3) is 0 Å². The van der Waals surface area contributed by atoms with E-state index < -0.39 is 0 Å². The fraction of sp³-hybridized carbons (Fsp3) is 0.750. The molecule has 0 N–H and O–H groups in total. The Bertz CT molecular complexity index is 14.0. The fourth-order valence-corrected chi connectivity index (χ4v) is 0. The van der Waals surface area contributed by atoms with Crippen molar-refractivity contribution in [3.63, 3.8) is 0 Å². The van der Waals surface area contributed by atoms with Crippen molar-refractivity contribution in [1.29, 1.82) is 0 Å². The molecule has 0 heterocycles. The minimum Gasteiger partial charge on any atom is -0.103 e. The Hall–Kier alpha value is -0.260. The van der Waals surface area contributed by atoms with Gasteiger partial charge in [-0.15, -0.1) is 6.58 Å². The van der Waals surface area contributed by atoms with E-state index in [4.69, 9.17) is 0 Å². The molecule has 0 bridgehead atoms. The van der Waals surface area contributed by atoms with Crippen LogP contribution in [-0.4, -0.2) is 0 Å². The van der Waals surface area contributed by atoms with E-state index in [0.717, 1.165) is 0 Å². The molecule has 0 nitrogen and oxygen atoms in total. The molecule has 8 heavy (non-hydrogen) atoms. The van der Waals surface area contributed by atoms with Crippen LogP contribution in [-0.2, 0) is 0 Å². The number of allylic oxidation sites excluding steroid dienone is 1. The lowest BCUT2D eigenvalue weighted by molar-refractivity contribution is 1.09. The Labute approximate surface area is 54.6 Å². The third kappa shape index (κ3) is 1910. The molecule has 0 aliphatic heterocycles. The molecule has 0 heteroatoms. The van der Waals surface area contributed by atoms with E-state index in [2.05, 4.69) is 20.4 Å². The first-order valence-corrected chi connectivity index (χ1v) is 3.40. The van der Waals surface area contributed by atoms with Crippen LogP contribution in [0.2, 0.25) is 0 Å². The van der Waals surface area contributed by atoms with Gasteiger partial charge in [0.2, 0.25) is 0 Å². The second-order valence-corrected chi connectivity index (χ2v) is 1.12. The molecule has 0 radical (unpaired) electrons. The lowest BCUT2D eigenvalue weighted by atomic mass is 10.6. The first-order valence-electron chi connectivity index (χ1n) is 3.40. The average molecular weight is 116 g/mol. The van der Waals surface area contributed by atoms with Crippen LogP contribution >= 0.6 is 0 Å². The van der Waals surface area contributed by atoms with Crippen molar-refractivity contribution < 1.29 is 0 Å². The summed E-state index contributed by atoms with van der Waals surface area (Å²) in [4.78, 5) is 0. The van der Waals surface area contributed by atoms with Crippen LogP contribution in [0.4, 0.5) is 0 Å². The highest BCUT2D eigenvalue weighted by atomic mass is 13.4. The topological polar surface area (TPSA) is 0 Å². The molecule has 0 saturated carbocycles. The van der Waals surface area contributed by atoms with Gasteiger partial charge in [0.05, 0.1) is 0 Å². The predicted molar refractivity (Wildman–Crippen MR) is 43.2 cm³/mol. The average Bonchev–Trinajstić information content (AvgIpc) is 1.75. The summed E-state index contributed by atoms with van der Waals surface area (Å²) >= 11 is 0. The quantitative estimate of drug-likeness (QED) is 0.424. The Morgan fingerprint density at radius 3 is 1.25 bits per heavy atom. The normalized spacial score (nSPS) is 4.62. The van der Waals surface area contributed by atoms with Crippen LogP contribution in [0.5, 0.6) is 0 Å². The summed E-state index contributed by atoms with van der Waals surface area (Å²) in [6.45, 7) is 13.5. The zero-order valence-electron chi connectivity index (χ0n) is 6.99. The van der Waals surface area contributed by atoms with E-state index in [0.29, 0.717) is 0 Å². The van der Waals surface area contributed by atoms with Crippen LogP contribution in [0.3, 0.4) is 0 Å². The zero-order valence-corrected chi connectivity index (χ0v) is 6.99. The Balaban J connectivity index is -0.0000000483. The summed E-state index contributed by atoms with van der Waals surface area (Å²) in [6.07, 6.45) is 3.00. The molecule has 0 aromatic rings. The summed E-state index contributed by atoms with van der Waals surface area (Å²) < 4.78 is 0. The highest BCUT2D eigenvalue weighted by Crippen LogP contribution is 1.56. The van der Waals surface area contributed by atoms with Crippen molar-refractivity contribution in [2.24, 2.45) is 0 Å². The van der Waals surface area contributed by atoms with Gasteiger partial charge in [-0.05, 0) is 6.92 Å². The number of rotatable bonds is 0. The van der Waals surface area contributed by atoms with Crippen molar-refractivity contribution in [3.8, 4) is 0 Å². The summed E-state index contributed by atoms with van der Waals surface area (Å²) in [5, 5.41) is 0. The molecular weight excluding hydrogens is 96.1 g/mol. The highest BCUT2D eigenvalue weighted by molar-refractivity contribution is 4.51. The molecule has 52 valence electrons. The van der Waals surface area contributed by atoms with Gasteiger partial charge >= 0.3 is 0 Å². The predicted octanol–water partition coefficient (Wildman–Crippen LogP) is 3.63. The second-order valence-electron chi connectivity index (χ2n) is 1.12. The minimum atomic E-state index is 1.25. The van der Waals surface area contributed by atoms with Gasteiger partial charge in [-0.25, -0.2) is 0 Å². The molecule has 0 aromatic heterocycles. The zero-order chi connectivity index (χ0) is 7.41. The number of hydrogen-bond acceptors (Lipinski definition) is 0. The van der Waals surface area contributed by atoms with Gasteiger partial charge in [-0.2, -0.15) is 0 Å². The maximum Gasteiger partial charge on any atom is -0.0473 e. The smallest absolute Gasteiger partial charge is 0.0473 e. The molecular formula is C8H20. The second kappa shape index (κ2) is 73.3. The molecule has 0 atom stereocenters. The van der Waals surface area contributed by atoms with E-state index in [1.54, 1.807) is 6.08 Å².